The van der Waals surface area contributed by atoms with Gasteiger partial charge in [-0.05, 0) is 47.9 Å². The normalized spacial score (nSPS) is 14.8. The molecule has 4 rings (SSSR count). The number of carbonyl (C=O) groups is 2. The first kappa shape index (κ1) is 22.6. The fraction of sp³-hybridized carbons (Fsp3) is 0.217. The van der Waals surface area contributed by atoms with Gasteiger partial charge in [0.25, 0.3) is 5.91 Å². The van der Waals surface area contributed by atoms with Gasteiger partial charge in [-0.15, -0.1) is 0 Å². The number of primary amides is 1. The number of nitrogens with zero attached hydrogens (tertiary/aromatic N) is 1. The van der Waals surface area contributed by atoms with Gasteiger partial charge in [-0.1, -0.05) is 12.1 Å². The molecule has 172 valence electrons. The Morgan fingerprint density at radius 2 is 1.91 bits per heavy atom. The molecule has 10 heteroatoms. The van der Waals surface area contributed by atoms with E-state index in [1.165, 1.54) is 23.6 Å². The van der Waals surface area contributed by atoms with Crippen molar-refractivity contribution in [2.24, 2.45) is 5.73 Å². The number of phenolic OH excluding ortho intramolecular Hbond substituents is 1. The number of phenols is 1. The SMILES string of the molecule is CC(=O)Nc1ccc(O)cc1-c1ccc(C(N)=O)c2[nH]c(C3=CCN(S(C)(=O)=O)CC3)cc12. The van der Waals surface area contributed by atoms with E-state index in [9.17, 15) is 23.1 Å². The van der Waals surface area contributed by atoms with Crippen LogP contribution in [0.1, 0.15) is 29.4 Å². The molecular weight excluding hydrogens is 444 g/mol. The molecule has 5 N–H and O–H groups in total. The summed E-state index contributed by atoms with van der Waals surface area (Å²) in [7, 11) is -3.28. The van der Waals surface area contributed by atoms with Crippen LogP contribution in [-0.4, -0.2) is 54.0 Å². The van der Waals surface area contributed by atoms with Crippen LogP contribution in [0.4, 0.5) is 5.69 Å². The van der Waals surface area contributed by atoms with E-state index < -0.39 is 15.9 Å². The lowest BCUT2D eigenvalue weighted by molar-refractivity contribution is -0.114. The summed E-state index contributed by atoms with van der Waals surface area (Å²) in [5, 5.41) is 13.5. The molecule has 0 unspecified atom stereocenters. The lowest BCUT2D eigenvalue weighted by atomic mass is 9.96. The maximum atomic E-state index is 12.1. The first-order valence-corrected chi connectivity index (χ1v) is 12.1. The molecule has 0 bridgehead atoms. The number of amides is 2. The van der Waals surface area contributed by atoms with Crippen molar-refractivity contribution in [1.82, 2.24) is 9.29 Å². The van der Waals surface area contributed by atoms with Crippen LogP contribution in [0.5, 0.6) is 5.75 Å². The van der Waals surface area contributed by atoms with Gasteiger partial charge in [-0.25, -0.2) is 8.42 Å². The standard InChI is InChI=1S/C23H24N4O5S/c1-13(28)25-20-6-3-15(29)11-18(20)16-4-5-17(23(24)30)22-19(16)12-21(26-22)14-7-9-27(10-8-14)33(2,31)32/h3-7,11-12,26,29H,8-10H2,1-2H3,(H2,24,30)(H,25,28). The Bertz CT molecular complexity index is 1420. The van der Waals surface area contributed by atoms with Crippen molar-refractivity contribution in [3.63, 3.8) is 0 Å². The van der Waals surface area contributed by atoms with Crippen molar-refractivity contribution in [2.75, 3.05) is 24.7 Å². The van der Waals surface area contributed by atoms with Crippen LogP contribution in [0.2, 0.25) is 0 Å². The summed E-state index contributed by atoms with van der Waals surface area (Å²) in [6, 6.07) is 9.83. The lowest BCUT2D eigenvalue weighted by Crippen LogP contribution is -2.33. The summed E-state index contributed by atoms with van der Waals surface area (Å²) in [6.07, 6.45) is 3.53. The quantitative estimate of drug-likeness (QED) is 0.425. The maximum absolute atomic E-state index is 12.1. The number of aromatic nitrogens is 1. The van der Waals surface area contributed by atoms with E-state index in [4.69, 9.17) is 5.73 Å². The Balaban J connectivity index is 1.88. The minimum Gasteiger partial charge on any atom is -0.508 e. The minimum absolute atomic E-state index is 0.0258. The van der Waals surface area contributed by atoms with Gasteiger partial charge in [0, 0.05) is 42.3 Å². The summed E-state index contributed by atoms with van der Waals surface area (Å²) in [6.45, 7) is 2.01. The average molecular weight is 469 g/mol. The van der Waals surface area contributed by atoms with Crippen LogP contribution in [0.15, 0.2) is 42.5 Å². The Kier molecular flexibility index (Phi) is 5.73. The number of aromatic hydroxyl groups is 1. The van der Waals surface area contributed by atoms with E-state index in [2.05, 4.69) is 10.3 Å². The molecule has 0 atom stereocenters. The molecule has 1 aromatic heterocycles. The van der Waals surface area contributed by atoms with E-state index in [1.54, 1.807) is 24.3 Å². The van der Waals surface area contributed by atoms with E-state index in [0.717, 1.165) is 11.3 Å². The highest BCUT2D eigenvalue weighted by atomic mass is 32.2. The Labute approximate surface area is 190 Å². The number of sulfonamides is 1. The molecule has 2 amide bonds. The fourth-order valence-corrected chi connectivity index (χ4v) is 4.85. The smallest absolute Gasteiger partial charge is 0.250 e. The predicted octanol–water partition coefficient (Wildman–Crippen LogP) is 2.65. The highest BCUT2D eigenvalue weighted by molar-refractivity contribution is 7.88. The number of rotatable bonds is 5. The van der Waals surface area contributed by atoms with Gasteiger partial charge in [0.1, 0.15) is 5.75 Å². The Morgan fingerprint density at radius 1 is 1.15 bits per heavy atom. The number of aromatic amines is 1. The second kappa shape index (κ2) is 8.38. The second-order valence-electron chi connectivity index (χ2n) is 8.01. The monoisotopic (exact) mass is 468 g/mol. The van der Waals surface area contributed by atoms with Gasteiger partial charge in [0.05, 0.1) is 17.3 Å². The zero-order chi connectivity index (χ0) is 23.9. The molecule has 0 aliphatic carbocycles. The van der Waals surface area contributed by atoms with Gasteiger partial charge in [0.2, 0.25) is 15.9 Å². The topological polar surface area (TPSA) is 146 Å². The largest absolute Gasteiger partial charge is 0.508 e. The van der Waals surface area contributed by atoms with Crippen LogP contribution in [0, 0.1) is 0 Å². The molecule has 33 heavy (non-hydrogen) atoms. The number of hydrogen-bond acceptors (Lipinski definition) is 5. The number of benzene rings is 2. The number of anilines is 1. The highest BCUT2D eigenvalue weighted by Crippen LogP contribution is 2.39. The number of carbonyl (C=O) groups excluding carboxylic acids is 2. The third kappa shape index (κ3) is 4.48. The maximum Gasteiger partial charge on any atom is 0.250 e. The molecule has 0 saturated heterocycles. The molecule has 2 aromatic carbocycles. The van der Waals surface area contributed by atoms with E-state index in [-0.39, 0.29) is 18.2 Å². The minimum atomic E-state index is -3.28. The Morgan fingerprint density at radius 3 is 2.52 bits per heavy atom. The number of nitrogens with one attached hydrogen (secondary N) is 2. The zero-order valence-corrected chi connectivity index (χ0v) is 19.0. The van der Waals surface area contributed by atoms with E-state index in [1.807, 2.05) is 12.1 Å². The third-order valence-corrected chi connectivity index (χ3v) is 6.92. The van der Waals surface area contributed by atoms with E-state index >= 15 is 0 Å². The molecule has 1 aliphatic heterocycles. The third-order valence-electron chi connectivity index (χ3n) is 5.65. The van der Waals surface area contributed by atoms with Crippen molar-refractivity contribution in [1.29, 1.82) is 0 Å². The molecule has 0 saturated carbocycles. The van der Waals surface area contributed by atoms with Gasteiger partial charge >= 0.3 is 0 Å². The van der Waals surface area contributed by atoms with Crippen LogP contribution in [0.3, 0.4) is 0 Å². The van der Waals surface area contributed by atoms with Crippen LogP contribution in [-0.2, 0) is 14.8 Å². The molecule has 0 radical (unpaired) electrons. The van der Waals surface area contributed by atoms with E-state index in [0.29, 0.717) is 46.2 Å². The Hall–Kier alpha value is -3.63. The summed E-state index contributed by atoms with van der Waals surface area (Å²) in [5.41, 5.74) is 9.87. The highest BCUT2D eigenvalue weighted by Gasteiger charge is 2.23. The van der Waals surface area contributed by atoms with Crippen molar-refractivity contribution in [2.45, 2.75) is 13.3 Å². The summed E-state index contributed by atoms with van der Waals surface area (Å²) in [5.74, 6) is -0.832. The van der Waals surface area contributed by atoms with Crippen LogP contribution < -0.4 is 11.1 Å². The van der Waals surface area contributed by atoms with Crippen molar-refractivity contribution < 1.29 is 23.1 Å². The molecule has 2 heterocycles. The van der Waals surface area contributed by atoms with Crippen LogP contribution >= 0.6 is 0 Å². The van der Waals surface area contributed by atoms with Gasteiger partial charge in [0.15, 0.2) is 0 Å². The molecule has 0 spiro atoms. The molecule has 1 aliphatic rings. The van der Waals surface area contributed by atoms with Gasteiger partial charge < -0.3 is 21.1 Å². The molecule has 0 fully saturated rings. The molecular formula is C23H24N4O5S. The number of H-pyrrole nitrogens is 1. The lowest BCUT2D eigenvalue weighted by Gasteiger charge is -2.23. The number of fused-ring (bicyclic) bond motifs is 1. The number of nitrogens with two attached hydrogens (primary N) is 1. The molecule has 9 nitrogen and oxygen atoms in total. The average Bonchev–Trinajstić information content (AvgIpc) is 3.19. The van der Waals surface area contributed by atoms with Crippen molar-refractivity contribution in [3.05, 3.63) is 53.7 Å². The fourth-order valence-electron chi connectivity index (χ4n) is 4.08. The van der Waals surface area contributed by atoms with Crippen LogP contribution in [0.25, 0.3) is 27.6 Å². The first-order valence-electron chi connectivity index (χ1n) is 10.3. The number of hydrogen-bond donors (Lipinski definition) is 4. The second-order valence-corrected chi connectivity index (χ2v) is 9.99. The zero-order valence-electron chi connectivity index (χ0n) is 18.2. The van der Waals surface area contributed by atoms with Crippen molar-refractivity contribution in [3.8, 4) is 16.9 Å². The summed E-state index contributed by atoms with van der Waals surface area (Å²) >= 11 is 0. The summed E-state index contributed by atoms with van der Waals surface area (Å²) in [4.78, 5) is 27.1. The summed E-state index contributed by atoms with van der Waals surface area (Å²) < 4.78 is 25.0. The van der Waals surface area contributed by atoms with Gasteiger partial charge in [-0.3, -0.25) is 9.59 Å². The van der Waals surface area contributed by atoms with Gasteiger partial charge in [-0.2, -0.15) is 4.31 Å². The molecule has 3 aromatic rings. The first-order chi connectivity index (χ1) is 15.5. The van der Waals surface area contributed by atoms with Crippen molar-refractivity contribution >= 4 is 44.0 Å². The predicted molar refractivity (Wildman–Crippen MR) is 127 cm³/mol.